The normalized spacial score (nSPS) is 19.9. The third-order valence-corrected chi connectivity index (χ3v) is 6.31. The van der Waals surface area contributed by atoms with Gasteiger partial charge in [-0.15, -0.1) is 0 Å². The van der Waals surface area contributed by atoms with Crippen LogP contribution in [0.3, 0.4) is 0 Å². The van der Waals surface area contributed by atoms with Crippen molar-refractivity contribution in [2.45, 2.75) is 18.9 Å². The number of piperazine rings is 1. The topological polar surface area (TPSA) is 45.3 Å². The summed E-state index contributed by atoms with van der Waals surface area (Å²) in [6.45, 7) is 4.78. The number of halogens is 1. The first-order chi connectivity index (χ1) is 15.1. The van der Waals surface area contributed by atoms with Gasteiger partial charge in [0.2, 0.25) is 0 Å². The van der Waals surface area contributed by atoms with Gasteiger partial charge in [-0.2, -0.15) is 0 Å². The molecule has 0 unspecified atom stereocenters. The highest BCUT2D eigenvalue weighted by Crippen LogP contribution is 2.26. The molecule has 0 saturated carbocycles. The van der Waals surface area contributed by atoms with Crippen molar-refractivity contribution in [1.29, 1.82) is 0 Å². The average Bonchev–Trinajstić information content (AvgIpc) is 2.83. The number of carbonyl (C=O) groups excluding carboxylic acids is 1. The molecule has 6 nitrogen and oxygen atoms in total. The van der Waals surface area contributed by atoms with Crippen LogP contribution in [0, 0.1) is 5.82 Å². The van der Waals surface area contributed by atoms with Crippen molar-refractivity contribution in [3.05, 3.63) is 53.8 Å². The predicted molar refractivity (Wildman–Crippen MR) is 119 cm³/mol. The van der Waals surface area contributed by atoms with Gasteiger partial charge in [0, 0.05) is 56.9 Å². The van der Waals surface area contributed by atoms with Gasteiger partial charge in [-0.05, 0) is 37.1 Å². The van der Waals surface area contributed by atoms with E-state index < -0.39 is 0 Å². The van der Waals surface area contributed by atoms with E-state index in [4.69, 9.17) is 9.47 Å². The van der Waals surface area contributed by atoms with Gasteiger partial charge in [0.1, 0.15) is 17.3 Å². The number of carbonyl (C=O) groups is 1. The summed E-state index contributed by atoms with van der Waals surface area (Å²) in [7, 11) is 3.17. The zero-order valence-corrected chi connectivity index (χ0v) is 18.2. The Labute approximate surface area is 183 Å². The van der Waals surface area contributed by atoms with Crippen LogP contribution in [0.25, 0.3) is 0 Å². The van der Waals surface area contributed by atoms with Crippen LogP contribution in [0.1, 0.15) is 23.2 Å². The zero-order chi connectivity index (χ0) is 21.8. The minimum absolute atomic E-state index is 0.00638. The Balaban J connectivity index is 1.39. The Morgan fingerprint density at radius 1 is 0.968 bits per heavy atom. The molecule has 2 aromatic carbocycles. The van der Waals surface area contributed by atoms with Crippen molar-refractivity contribution in [3.8, 4) is 11.5 Å². The summed E-state index contributed by atoms with van der Waals surface area (Å²) in [6, 6.07) is 12.6. The molecule has 1 amide bonds. The molecule has 2 heterocycles. The van der Waals surface area contributed by atoms with Crippen molar-refractivity contribution < 1.29 is 18.7 Å². The number of nitrogens with zero attached hydrogens (tertiary/aromatic N) is 3. The van der Waals surface area contributed by atoms with Gasteiger partial charge in [0.25, 0.3) is 5.91 Å². The highest BCUT2D eigenvalue weighted by molar-refractivity contribution is 5.95. The second kappa shape index (κ2) is 9.56. The van der Waals surface area contributed by atoms with E-state index in [2.05, 4.69) is 9.80 Å². The molecule has 2 aromatic rings. The van der Waals surface area contributed by atoms with E-state index in [0.29, 0.717) is 35.3 Å². The molecular weight excluding hydrogens is 397 g/mol. The molecule has 0 aliphatic carbocycles. The van der Waals surface area contributed by atoms with Crippen LogP contribution in [0.15, 0.2) is 42.5 Å². The van der Waals surface area contributed by atoms with E-state index in [-0.39, 0.29) is 11.7 Å². The van der Waals surface area contributed by atoms with Crippen molar-refractivity contribution in [3.63, 3.8) is 0 Å². The van der Waals surface area contributed by atoms with E-state index >= 15 is 0 Å². The molecule has 0 bridgehead atoms. The average molecular weight is 428 g/mol. The molecule has 2 aliphatic rings. The lowest BCUT2D eigenvalue weighted by Crippen LogP contribution is -2.56. The van der Waals surface area contributed by atoms with Gasteiger partial charge in [-0.25, -0.2) is 4.39 Å². The lowest BCUT2D eigenvalue weighted by molar-refractivity contribution is 0.0562. The Kier molecular flexibility index (Phi) is 6.61. The first-order valence-corrected chi connectivity index (χ1v) is 10.8. The smallest absolute Gasteiger partial charge is 0.254 e. The second-order valence-corrected chi connectivity index (χ2v) is 8.12. The number of rotatable bonds is 5. The van der Waals surface area contributed by atoms with Crippen molar-refractivity contribution in [1.82, 2.24) is 9.80 Å². The molecular formula is C24H30FN3O3. The van der Waals surface area contributed by atoms with Gasteiger partial charge < -0.3 is 19.3 Å². The SMILES string of the molecule is COc1cc(OC)cc(C(=O)N2CCC[C@@H](N3CCN(c4ccccc4F)CC3)C2)c1. The lowest BCUT2D eigenvalue weighted by atomic mass is 10.0. The Morgan fingerprint density at radius 3 is 2.29 bits per heavy atom. The van der Waals surface area contributed by atoms with Crippen LogP contribution in [-0.4, -0.2) is 75.2 Å². The maximum atomic E-state index is 14.1. The summed E-state index contributed by atoms with van der Waals surface area (Å²) in [5.41, 5.74) is 1.26. The van der Waals surface area contributed by atoms with Crippen LogP contribution in [0.2, 0.25) is 0 Å². The number of hydrogen-bond acceptors (Lipinski definition) is 5. The molecule has 2 aliphatic heterocycles. The lowest BCUT2D eigenvalue weighted by Gasteiger charge is -2.44. The highest BCUT2D eigenvalue weighted by atomic mass is 19.1. The summed E-state index contributed by atoms with van der Waals surface area (Å²) >= 11 is 0. The molecule has 4 rings (SSSR count). The van der Waals surface area contributed by atoms with Gasteiger partial charge >= 0.3 is 0 Å². The minimum Gasteiger partial charge on any atom is -0.497 e. The molecule has 0 spiro atoms. The summed E-state index contributed by atoms with van der Waals surface area (Å²) in [4.78, 5) is 19.7. The Morgan fingerprint density at radius 2 is 1.65 bits per heavy atom. The number of benzene rings is 2. The van der Waals surface area contributed by atoms with Crippen molar-refractivity contribution in [2.24, 2.45) is 0 Å². The number of piperidine rings is 1. The molecule has 0 radical (unpaired) electrons. The highest BCUT2D eigenvalue weighted by Gasteiger charge is 2.31. The molecule has 2 fully saturated rings. The van der Waals surface area contributed by atoms with Gasteiger partial charge in [-0.3, -0.25) is 9.69 Å². The van der Waals surface area contributed by atoms with E-state index in [1.54, 1.807) is 38.5 Å². The van der Waals surface area contributed by atoms with E-state index in [9.17, 15) is 9.18 Å². The van der Waals surface area contributed by atoms with Crippen molar-refractivity contribution in [2.75, 3.05) is 58.4 Å². The minimum atomic E-state index is -0.167. The van der Waals surface area contributed by atoms with Gasteiger partial charge in [0.15, 0.2) is 0 Å². The monoisotopic (exact) mass is 427 g/mol. The number of para-hydroxylation sites is 1. The zero-order valence-electron chi connectivity index (χ0n) is 18.2. The number of methoxy groups -OCH3 is 2. The molecule has 7 heteroatoms. The molecule has 2 saturated heterocycles. The summed E-state index contributed by atoms with van der Waals surface area (Å²) < 4.78 is 24.7. The first-order valence-electron chi connectivity index (χ1n) is 10.8. The number of hydrogen-bond donors (Lipinski definition) is 0. The summed E-state index contributed by atoms with van der Waals surface area (Å²) in [6.07, 6.45) is 2.05. The van der Waals surface area contributed by atoms with E-state index in [1.807, 2.05) is 17.0 Å². The standard InChI is InChI=1S/C24H30FN3O3/c1-30-20-14-18(15-21(16-20)31-2)24(29)28-9-5-6-19(17-28)26-10-12-27(13-11-26)23-8-4-3-7-22(23)25/h3-4,7-8,14-16,19H,5-6,9-13,17H2,1-2H3/t19-/m1/s1. The maximum absolute atomic E-state index is 14.1. The Hall–Kier alpha value is -2.80. The molecule has 0 aromatic heterocycles. The van der Waals surface area contributed by atoms with Crippen LogP contribution in [0.4, 0.5) is 10.1 Å². The molecule has 0 N–H and O–H groups in total. The van der Waals surface area contributed by atoms with Crippen LogP contribution >= 0.6 is 0 Å². The van der Waals surface area contributed by atoms with Gasteiger partial charge in [0.05, 0.1) is 19.9 Å². The third kappa shape index (κ3) is 4.77. The molecule has 166 valence electrons. The molecule has 31 heavy (non-hydrogen) atoms. The largest absolute Gasteiger partial charge is 0.497 e. The first kappa shape index (κ1) is 21.4. The predicted octanol–water partition coefficient (Wildman–Crippen LogP) is 3.27. The summed E-state index contributed by atoms with van der Waals surface area (Å²) in [5.74, 6) is 1.06. The number of amides is 1. The second-order valence-electron chi connectivity index (χ2n) is 8.12. The molecule has 1 atom stereocenters. The van der Waals surface area contributed by atoms with Crippen molar-refractivity contribution >= 4 is 11.6 Å². The number of ether oxygens (including phenoxy) is 2. The quantitative estimate of drug-likeness (QED) is 0.733. The van der Waals surface area contributed by atoms with Crippen LogP contribution in [0.5, 0.6) is 11.5 Å². The summed E-state index contributed by atoms with van der Waals surface area (Å²) in [5, 5.41) is 0. The number of anilines is 1. The third-order valence-electron chi connectivity index (χ3n) is 6.31. The fraction of sp³-hybridized carbons (Fsp3) is 0.458. The maximum Gasteiger partial charge on any atom is 0.254 e. The fourth-order valence-electron chi connectivity index (χ4n) is 4.59. The van der Waals surface area contributed by atoms with Gasteiger partial charge in [-0.1, -0.05) is 12.1 Å². The number of likely N-dealkylation sites (tertiary alicyclic amines) is 1. The van der Waals surface area contributed by atoms with E-state index in [0.717, 1.165) is 45.6 Å². The van der Waals surface area contributed by atoms with E-state index in [1.165, 1.54) is 6.07 Å². The van der Waals surface area contributed by atoms with Crippen LogP contribution in [-0.2, 0) is 0 Å². The van der Waals surface area contributed by atoms with Crippen LogP contribution < -0.4 is 14.4 Å². The fourth-order valence-corrected chi connectivity index (χ4v) is 4.59. The Bertz CT molecular complexity index is 892.